The molecule has 0 N–H and O–H groups in total. The molecule has 0 unspecified atom stereocenters. The maximum atomic E-state index is 13.1. The molecule has 0 aliphatic rings. The van der Waals surface area contributed by atoms with Gasteiger partial charge < -0.3 is 4.74 Å². The Kier molecular flexibility index (Phi) is 3.53. The van der Waals surface area contributed by atoms with Crippen LogP contribution in [0.5, 0.6) is 5.75 Å². The van der Waals surface area contributed by atoms with Gasteiger partial charge in [0.05, 0.1) is 11.9 Å². The van der Waals surface area contributed by atoms with Crippen LogP contribution in [0.1, 0.15) is 5.69 Å². The molecule has 0 amide bonds. The van der Waals surface area contributed by atoms with Crippen LogP contribution in [0.4, 0.5) is 17.6 Å². The van der Waals surface area contributed by atoms with Crippen LogP contribution in [0.15, 0.2) is 11.1 Å². The van der Waals surface area contributed by atoms with Crippen molar-refractivity contribution in [2.45, 2.75) is 18.2 Å². The fraction of sp³-hybridized carbons (Fsp3) is 0.286. The molecule has 0 bridgehead atoms. The van der Waals surface area contributed by atoms with Crippen molar-refractivity contribution in [3.05, 3.63) is 17.7 Å². The molecule has 1 rings (SSSR count). The summed E-state index contributed by atoms with van der Waals surface area (Å²) in [6.07, 6.45) is -4.84. The predicted octanol–water partition coefficient (Wildman–Crippen LogP) is 2.36. The molecule has 1 aromatic rings. The van der Waals surface area contributed by atoms with Crippen molar-refractivity contribution in [1.82, 2.24) is 4.98 Å². The molecule has 0 aliphatic heterocycles. The first-order valence-corrected chi connectivity index (χ1v) is 6.19. The summed E-state index contributed by atoms with van der Waals surface area (Å²) >= 11 is 0. The van der Waals surface area contributed by atoms with E-state index in [2.05, 4.69) is 9.72 Å². The zero-order valence-corrected chi connectivity index (χ0v) is 9.62. The van der Waals surface area contributed by atoms with E-state index in [9.17, 15) is 26.0 Å². The van der Waals surface area contributed by atoms with Gasteiger partial charge in [0.1, 0.15) is 4.90 Å². The summed E-state index contributed by atoms with van der Waals surface area (Å²) in [5, 5.41) is 0. The van der Waals surface area contributed by atoms with Gasteiger partial charge in [-0.05, 0) is 6.92 Å². The van der Waals surface area contributed by atoms with Crippen molar-refractivity contribution >= 4 is 19.7 Å². The largest absolute Gasteiger partial charge is 0.573 e. The van der Waals surface area contributed by atoms with E-state index in [0.29, 0.717) is 6.20 Å². The monoisotopic (exact) mass is 293 g/mol. The topological polar surface area (TPSA) is 56.3 Å². The van der Waals surface area contributed by atoms with E-state index in [1.807, 2.05) is 0 Å². The third-order valence-electron chi connectivity index (χ3n) is 1.58. The lowest BCUT2D eigenvalue weighted by atomic mass is 10.3. The number of aryl methyl sites for hydroxylation is 1. The average molecular weight is 294 g/mol. The minimum atomic E-state index is -5.25. The molecule has 0 saturated carbocycles. The Morgan fingerprint density at radius 3 is 2.35 bits per heavy atom. The predicted molar refractivity (Wildman–Crippen MR) is 48.7 cm³/mol. The first kappa shape index (κ1) is 14.0. The van der Waals surface area contributed by atoms with E-state index in [-0.39, 0.29) is 0 Å². The number of alkyl halides is 3. The first-order valence-electron chi connectivity index (χ1n) is 3.88. The number of aromatic nitrogens is 1. The summed E-state index contributed by atoms with van der Waals surface area (Å²) in [4.78, 5) is 2.11. The molecule has 0 radical (unpaired) electrons. The van der Waals surface area contributed by atoms with Crippen molar-refractivity contribution in [2.75, 3.05) is 0 Å². The minimum absolute atomic E-state index is 0.402. The minimum Gasteiger partial charge on any atom is -0.401 e. The van der Waals surface area contributed by atoms with E-state index < -0.39 is 37.6 Å². The van der Waals surface area contributed by atoms with Gasteiger partial charge in [-0.2, -0.15) is 0 Å². The van der Waals surface area contributed by atoms with Crippen molar-refractivity contribution in [2.24, 2.45) is 0 Å². The summed E-state index contributed by atoms with van der Waals surface area (Å²) < 4.78 is 74.3. The second kappa shape index (κ2) is 4.30. The van der Waals surface area contributed by atoms with Crippen molar-refractivity contribution in [3.63, 3.8) is 0 Å². The van der Waals surface area contributed by atoms with Gasteiger partial charge in [0, 0.05) is 10.7 Å². The Labute approximate surface area is 97.6 Å². The van der Waals surface area contributed by atoms with E-state index in [1.54, 1.807) is 0 Å². The highest BCUT2D eigenvalue weighted by Gasteiger charge is 2.36. The summed E-state index contributed by atoms with van der Waals surface area (Å²) in [5.74, 6) is -3.09. The van der Waals surface area contributed by atoms with Crippen LogP contribution < -0.4 is 4.74 Å². The zero-order chi connectivity index (χ0) is 13.4. The van der Waals surface area contributed by atoms with Gasteiger partial charge in [-0.15, -0.1) is 13.2 Å². The number of pyridine rings is 1. The summed E-state index contributed by atoms with van der Waals surface area (Å²) in [6, 6.07) is 0. The summed E-state index contributed by atoms with van der Waals surface area (Å²) in [7, 11) is 0.274. The van der Waals surface area contributed by atoms with Crippen molar-refractivity contribution in [1.29, 1.82) is 0 Å². The lowest BCUT2D eigenvalue weighted by Gasteiger charge is -2.13. The van der Waals surface area contributed by atoms with Crippen LogP contribution in [-0.2, 0) is 9.05 Å². The number of hydrogen-bond acceptors (Lipinski definition) is 4. The van der Waals surface area contributed by atoms with Gasteiger partial charge in [0.15, 0.2) is 11.6 Å². The van der Waals surface area contributed by atoms with Gasteiger partial charge >= 0.3 is 6.36 Å². The molecule has 4 nitrogen and oxygen atoms in total. The molecule has 0 saturated heterocycles. The summed E-state index contributed by atoms with van der Waals surface area (Å²) in [6.45, 7) is 1.05. The smallest absolute Gasteiger partial charge is 0.401 e. The van der Waals surface area contributed by atoms with Gasteiger partial charge in [-0.3, -0.25) is 4.98 Å². The van der Waals surface area contributed by atoms with Crippen LogP contribution in [0.3, 0.4) is 0 Å². The molecule has 1 aromatic heterocycles. The van der Waals surface area contributed by atoms with E-state index in [1.165, 1.54) is 0 Å². The van der Waals surface area contributed by atoms with Gasteiger partial charge in [0.25, 0.3) is 9.05 Å². The fourth-order valence-electron chi connectivity index (χ4n) is 1.04. The van der Waals surface area contributed by atoms with E-state index in [4.69, 9.17) is 10.7 Å². The number of halogens is 5. The molecular formula is C7H4ClF4NO3S. The highest BCUT2D eigenvalue weighted by Crippen LogP contribution is 2.35. The first-order chi connectivity index (χ1) is 7.52. The average Bonchev–Trinajstić information content (AvgIpc) is 2.06. The van der Waals surface area contributed by atoms with Crippen LogP contribution in [0.2, 0.25) is 0 Å². The number of hydrogen-bond donors (Lipinski definition) is 0. The molecule has 17 heavy (non-hydrogen) atoms. The second-order valence-corrected chi connectivity index (χ2v) is 5.34. The quantitative estimate of drug-likeness (QED) is 0.620. The standard InChI is InChI=1S/C7H4ClF4NO3S/c1-3-6(17(8,14)15)5(4(9)2-13-3)16-7(10,11)12/h2H,1H3. The lowest BCUT2D eigenvalue weighted by Crippen LogP contribution is -2.20. The third-order valence-corrected chi connectivity index (χ3v) is 3.02. The third kappa shape index (κ3) is 3.43. The van der Waals surface area contributed by atoms with Crippen LogP contribution in [0, 0.1) is 12.7 Å². The Bertz CT molecular complexity index is 543. The summed E-state index contributed by atoms with van der Waals surface area (Å²) in [5.41, 5.74) is -0.402. The van der Waals surface area contributed by atoms with Crippen LogP contribution in [0.25, 0.3) is 0 Å². The number of rotatable bonds is 2. The highest BCUT2D eigenvalue weighted by atomic mass is 35.7. The molecule has 0 fully saturated rings. The lowest BCUT2D eigenvalue weighted by molar-refractivity contribution is -0.276. The maximum absolute atomic E-state index is 13.1. The molecule has 1 heterocycles. The Morgan fingerprint density at radius 2 is 1.94 bits per heavy atom. The second-order valence-electron chi connectivity index (χ2n) is 2.84. The van der Waals surface area contributed by atoms with E-state index in [0.717, 1.165) is 6.92 Å². The highest BCUT2D eigenvalue weighted by molar-refractivity contribution is 8.13. The maximum Gasteiger partial charge on any atom is 0.573 e. The number of nitrogens with zero attached hydrogens (tertiary/aromatic N) is 1. The molecule has 96 valence electrons. The van der Waals surface area contributed by atoms with Crippen LogP contribution in [-0.4, -0.2) is 19.8 Å². The Hall–Kier alpha value is -1.09. The van der Waals surface area contributed by atoms with Crippen LogP contribution >= 0.6 is 10.7 Å². The normalized spacial score (nSPS) is 12.6. The van der Waals surface area contributed by atoms with Crippen molar-refractivity contribution < 1.29 is 30.7 Å². The Balaban J connectivity index is 3.52. The van der Waals surface area contributed by atoms with Gasteiger partial charge in [-0.25, -0.2) is 12.8 Å². The van der Waals surface area contributed by atoms with E-state index >= 15 is 0 Å². The zero-order valence-electron chi connectivity index (χ0n) is 8.05. The molecule has 0 spiro atoms. The fourth-order valence-corrected chi connectivity index (χ4v) is 2.35. The molecular weight excluding hydrogens is 290 g/mol. The molecule has 0 aliphatic carbocycles. The van der Waals surface area contributed by atoms with Crippen molar-refractivity contribution in [3.8, 4) is 5.75 Å². The SMILES string of the molecule is Cc1ncc(F)c(OC(F)(F)F)c1S(=O)(=O)Cl. The number of ether oxygens (including phenoxy) is 1. The molecule has 0 aromatic carbocycles. The molecule has 0 atom stereocenters. The van der Waals surface area contributed by atoms with Gasteiger partial charge in [-0.1, -0.05) is 0 Å². The Morgan fingerprint density at radius 1 is 1.41 bits per heavy atom. The van der Waals surface area contributed by atoms with Gasteiger partial charge in [0.2, 0.25) is 0 Å². The molecule has 10 heteroatoms.